The zero-order valence-corrected chi connectivity index (χ0v) is 6.03. The topological polar surface area (TPSA) is 59.1 Å². The van der Waals surface area contributed by atoms with Crippen LogP contribution in [0.4, 0.5) is 4.79 Å². The molecule has 1 saturated carbocycles. The minimum Gasteiger partial charge on any atom is -0.450 e. The Morgan fingerprint density at radius 2 is 2.27 bits per heavy atom. The van der Waals surface area contributed by atoms with Crippen molar-refractivity contribution in [2.75, 3.05) is 0 Å². The molecule has 0 amide bonds. The quantitative estimate of drug-likeness (QED) is 0.457. The monoisotopic (exact) mass is 158 g/mol. The van der Waals surface area contributed by atoms with Crippen LogP contribution in [0.1, 0.15) is 19.3 Å². The Morgan fingerprint density at radius 3 is 2.91 bits per heavy atom. The van der Waals surface area contributed by atoms with Gasteiger partial charge in [-0.05, 0) is 12.8 Å². The van der Waals surface area contributed by atoms with E-state index in [-0.39, 0.29) is 12.2 Å². The summed E-state index contributed by atoms with van der Waals surface area (Å²) in [6, 6.07) is 0. The smallest absolute Gasteiger partial charge is 0.450 e. The molecule has 1 heterocycles. The minimum atomic E-state index is -1.17. The van der Waals surface area contributed by atoms with Gasteiger partial charge in [0.2, 0.25) is 0 Å². The third kappa shape index (κ3) is 1.45. The first kappa shape index (κ1) is 6.91. The normalized spacial score (nSPS) is 40.9. The lowest BCUT2D eigenvalue weighted by Crippen LogP contribution is -2.23. The van der Waals surface area contributed by atoms with Gasteiger partial charge in [-0.25, -0.2) is 4.79 Å². The lowest BCUT2D eigenvalue weighted by molar-refractivity contribution is 0.0390. The third-order valence-electron chi connectivity index (χ3n) is 2.22. The predicted octanol–water partition coefficient (Wildman–Crippen LogP) is 1.00. The summed E-state index contributed by atoms with van der Waals surface area (Å²) in [5.74, 6) is 0. The molecule has 0 aromatic carbocycles. The van der Waals surface area contributed by atoms with Gasteiger partial charge < -0.3 is 14.6 Å². The molecule has 1 aliphatic carbocycles. The molecular formula is C7H10O4. The standard InChI is InChI=1S/C7H10O4/c8-7(9)10-4-1-2-5-6(3-4)11-5/h4-6H,1-3H2,(H,8,9). The summed E-state index contributed by atoms with van der Waals surface area (Å²) in [6.45, 7) is 0. The van der Waals surface area contributed by atoms with Crippen LogP contribution in [0.2, 0.25) is 0 Å². The van der Waals surface area contributed by atoms with Gasteiger partial charge >= 0.3 is 6.16 Å². The molecule has 0 aromatic rings. The van der Waals surface area contributed by atoms with Crippen LogP contribution < -0.4 is 0 Å². The molecule has 62 valence electrons. The molecule has 3 atom stereocenters. The van der Waals surface area contributed by atoms with Crippen molar-refractivity contribution >= 4 is 6.16 Å². The molecule has 2 fully saturated rings. The van der Waals surface area contributed by atoms with E-state index < -0.39 is 6.16 Å². The van der Waals surface area contributed by atoms with Crippen LogP contribution in [-0.4, -0.2) is 29.6 Å². The Labute approximate surface area is 64.1 Å². The second-order valence-electron chi connectivity index (χ2n) is 3.03. The van der Waals surface area contributed by atoms with E-state index in [1.165, 1.54) is 0 Å². The van der Waals surface area contributed by atoms with Crippen molar-refractivity contribution in [3.05, 3.63) is 0 Å². The summed E-state index contributed by atoms with van der Waals surface area (Å²) in [7, 11) is 0. The Kier molecular flexibility index (Phi) is 1.49. The van der Waals surface area contributed by atoms with E-state index in [4.69, 9.17) is 9.84 Å². The first-order chi connectivity index (χ1) is 5.25. The molecule has 1 aliphatic heterocycles. The number of epoxide rings is 1. The lowest BCUT2D eigenvalue weighted by atomic mass is 9.98. The average Bonchev–Trinajstić information content (AvgIpc) is 2.63. The summed E-state index contributed by atoms with van der Waals surface area (Å²) in [4.78, 5) is 10.1. The highest BCUT2D eigenvalue weighted by Gasteiger charge is 2.44. The number of rotatable bonds is 1. The molecule has 1 saturated heterocycles. The van der Waals surface area contributed by atoms with Crippen molar-refractivity contribution < 1.29 is 19.4 Å². The van der Waals surface area contributed by atoms with Crippen molar-refractivity contribution in [1.82, 2.24) is 0 Å². The maximum Gasteiger partial charge on any atom is 0.506 e. The predicted molar refractivity (Wildman–Crippen MR) is 35.4 cm³/mol. The molecule has 4 heteroatoms. The molecule has 4 nitrogen and oxygen atoms in total. The summed E-state index contributed by atoms with van der Waals surface area (Å²) in [5, 5.41) is 8.30. The molecule has 2 rings (SSSR count). The Bertz CT molecular complexity index is 179. The number of hydrogen-bond donors (Lipinski definition) is 1. The van der Waals surface area contributed by atoms with Gasteiger partial charge in [0.15, 0.2) is 0 Å². The fourth-order valence-electron chi connectivity index (χ4n) is 1.62. The highest BCUT2D eigenvalue weighted by atomic mass is 16.7. The Balaban J connectivity index is 1.81. The summed E-state index contributed by atoms with van der Waals surface area (Å²) in [5.41, 5.74) is 0. The first-order valence-electron chi connectivity index (χ1n) is 3.81. The van der Waals surface area contributed by atoms with Crippen LogP contribution in [-0.2, 0) is 9.47 Å². The average molecular weight is 158 g/mol. The van der Waals surface area contributed by atoms with Crippen LogP contribution in [0.5, 0.6) is 0 Å². The van der Waals surface area contributed by atoms with Gasteiger partial charge in [-0.15, -0.1) is 0 Å². The van der Waals surface area contributed by atoms with Gasteiger partial charge in [-0.2, -0.15) is 0 Å². The fourth-order valence-corrected chi connectivity index (χ4v) is 1.62. The molecule has 0 radical (unpaired) electrons. The number of fused-ring (bicyclic) bond motifs is 1. The van der Waals surface area contributed by atoms with Gasteiger partial charge in [-0.3, -0.25) is 0 Å². The molecule has 1 N–H and O–H groups in total. The molecule has 2 aliphatic rings. The second kappa shape index (κ2) is 2.37. The molecule has 11 heavy (non-hydrogen) atoms. The van der Waals surface area contributed by atoms with Gasteiger partial charge in [0.1, 0.15) is 6.10 Å². The zero-order valence-electron chi connectivity index (χ0n) is 6.03. The molecule has 3 unspecified atom stereocenters. The van der Waals surface area contributed by atoms with E-state index in [1.54, 1.807) is 0 Å². The van der Waals surface area contributed by atoms with Gasteiger partial charge in [0, 0.05) is 6.42 Å². The molecular weight excluding hydrogens is 148 g/mol. The first-order valence-corrected chi connectivity index (χ1v) is 3.81. The fraction of sp³-hybridized carbons (Fsp3) is 0.857. The van der Waals surface area contributed by atoms with E-state index in [0.717, 1.165) is 19.3 Å². The highest BCUT2D eigenvalue weighted by Crippen LogP contribution is 2.37. The maximum atomic E-state index is 10.1. The zero-order chi connectivity index (χ0) is 7.84. The van der Waals surface area contributed by atoms with E-state index in [1.807, 2.05) is 0 Å². The highest BCUT2D eigenvalue weighted by molar-refractivity contribution is 5.57. The number of hydrogen-bond acceptors (Lipinski definition) is 3. The number of carbonyl (C=O) groups is 1. The number of ether oxygens (including phenoxy) is 2. The molecule has 0 aromatic heterocycles. The largest absolute Gasteiger partial charge is 0.506 e. The van der Waals surface area contributed by atoms with Crippen LogP contribution >= 0.6 is 0 Å². The lowest BCUT2D eigenvalue weighted by Gasteiger charge is -2.16. The SMILES string of the molecule is O=C(O)OC1CCC2OC2C1. The Morgan fingerprint density at radius 1 is 1.45 bits per heavy atom. The van der Waals surface area contributed by atoms with Crippen molar-refractivity contribution in [2.45, 2.75) is 37.6 Å². The summed E-state index contributed by atoms with van der Waals surface area (Å²) >= 11 is 0. The van der Waals surface area contributed by atoms with E-state index in [2.05, 4.69) is 4.74 Å². The molecule has 0 spiro atoms. The van der Waals surface area contributed by atoms with Crippen molar-refractivity contribution in [3.8, 4) is 0 Å². The van der Waals surface area contributed by atoms with Crippen molar-refractivity contribution in [3.63, 3.8) is 0 Å². The third-order valence-corrected chi connectivity index (χ3v) is 2.22. The molecule has 0 bridgehead atoms. The van der Waals surface area contributed by atoms with Crippen LogP contribution in [0, 0.1) is 0 Å². The van der Waals surface area contributed by atoms with Crippen LogP contribution in [0.15, 0.2) is 0 Å². The van der Waals surface area contributed by atoms with Crippen molar-refractivity contribution in [2.24, 2.45) is 0 Å². The summed E-state index contributed by atoms with van der Waals surface area (Å²) < 4.78 is 9.84. The van der Waals surface area contributed by atoms with Crippen LogP contribution in [0.3, 0.4) is 0 Å². The summed E-state index contributed by atoms with van der Waals surface area (Å²) in [6.07, 6.45) is 1.90. The maximum absolute atomic E-state index is 10.1. The van der Waals surface area contributed by atoms with Crippen LogP contribution in [0.25, 0.3) is 0 Å². The van der Waals surface area contributed by atoms with E-state index in [9.17, 15) is 4.79 Å². The van der Waals surface area contributed by atoms with Gasteiger partial charge in [0.25, 0.3) is 0 Å². The second-order valence-corrected chi connectivity index (χ2v) is 3.03. The number of carboxylic acid groups (broad SMARTS) is 1. The van der Waals surface area contributed by atoms with E-state index >= 15 is 0 Å². The van der Waals surface area contributed by atoms with Crippen molar-refractivity contribution in [1.29, 1.82) is 0 Å². The minimum absolute atomic E-state index is 0.128. The Hall–Kier alpha value is -0.770. The van der Waals surface area contributed by atoms with Gasteiger partial charge in [-0.1, -0.05) is 0 Å². The van der Waals surface area contributed by atoms with E-state index in [0.29, 0.717) is 6.10 Å². The van der Waals surface area contributed by atoms with Gasteiger partial charge in [0.05, 0.1) is 12.2 Å².